The van der Waals surface area contributed by atoms with E-state index in [-0.39, 0.29) is 34.8 Å². The Balaban J connectivity index is 1.69. The molecule has 2 aromatic rings. The van der Waals surface area contributed by atoms with Gasteiger partial charge in [-0.1, -0.05) is 6.92 Å². The first kappa shape index (κ1) is 22.0. The quantitative estimate of drug-likeness (QED) is 0.706. The Morgan fingerprint density at radius 3 is 2.50 bits per heavy atom. The summed E-state index contributed by atoms with van der Waals surface area (Å²) in [6, 6.07) is 6.57. The maximum absolute atomic E-state index is 12.9. The van der Waals surface area contributed by atoms with Gasteiger partial charge < -0.3 is 19.4 Å². The molecule has 0 aliphatic carbocycles. The number of H-pyrrole nitrogens is 1. The Morgan fingerprint density at radius 2 is 1.93 bits per heavy atom. The molecule has 3 atom stereocenters. The predicted octanol–water partition coefficient (Wildman–Crippen LogP) is 4.16. The predicted molar refractivity (Wildman–Crippen MR) is 115 cm³/mol. The van der Waals surface area contributed by atoms with Crippen LogP contribution >= 0.6 is 12.2 Å². The number of aromatic nitrogens is 2. The van der Waals surface area contributed by atoms with Gasteiger partial charge in [0.2, 0.25) is 5.89 Å². The summed E-state index contributed by atoms with van der Waals surface area (Å²) in [7, 11) is 0. The van der Waals surface area contributed by atoms with Crippen LogP contribution in [-0.2, 0) is 4.74 Å². The third kappa shape index (κ3) is 5.08. The van der Waals surface area contributed by atoms with Gasteiger partial charge in [0, 0.05) is 17.7 Å². The number of hydrogen-bond donors (Lipinski definition) is 2. The molecular formula is C21H28N4O4S. The van der Waals surface area contributed by atoms with Crippen molar-refractivity contribution >= 4 is 24.2 Å². The number of nitrogens with one attached hydrogen (secondary N) is 2. The number of amides is 2. The maximum atomic E-state index is 12.9. The number of hydrogen-bond acceptors (Lipinski definition) is 6. The normalized spacial score (nSPS) is 21.9. The number of likely N-dealkylation sites (tertiary alicyclic amines) is 1. The molecule has 1 fully saturated rings. The summed E-state index contributed by atoms with van der Waals surface area (Å²) in [6.45, 7) is 10.2. The fourth-order valence-corrected chi connectivity index (χ4v) is 3.71. The van der Waals surface area contributed by atoms with Crippen molar-refractivity contribution in [1.82, 2.24) is 20.4 Å². The van der Waals surface area contributed by atoms with E-state index < -0.39 is 5.60 Å². The molecule has 8 nitrogen and oxygen atoms in total. The third-order valence-corrected chi connectivity index (χ3v) is 5.38. The molecule has 1 aromatic carbocycles. The Bertz CT molecular complexity index is 960. The smallest absolute Gasteiger partial charge is 0.410 e. The Kier molecular flexibility index (Phi) is 6.30. The lowest BCUT2D eigenvalue weighted by molar-refractivity contribution is 0.000872. The Morgan fingerprint density at radius 1 is 1.27 bits per heavy atom. The zero-order valence-electron chi connectivity index (χ0n) is 17.9. The summed E-state index contributed by atoms with van der Waals surface area (Å²) in [4.78, 5) is 27.3. The number of ether oxygens (including phenoxy) is 1. The van der Waals surface area contributed by atoms with Crippen LogP contribution in [0.25, 0.3) is 11.5 Å². The van der Waals surface area contributed by atoms with Crippen molar-refractivity contribution in [2.75, 3.05) is 6.54 Å². The zero-order valence-corrected chi connectivity index (χ0v) is 18.7. The largest absolute Gasteiger partial charge is 0.444 e. The lowest BCUT2D eigenvalue weighted by atomic mass is 9.87. The fourth-order valence-electron chi connectivity index (χ4n) is 3.59. The maximum Gasteiger partial charge on any atom is 0.410 e. The van der Waals surface area contributed by atoms with Crippen LogP contribution in [0, 0.1) is 10.8 Å². The van der Waals surface area contributed by atoms with Crippen molar-refractivity contribution in [3.8, 4) is 11.5 Å². The highest BCUT2D eigenvalue weighted by molar-refractivity contribution is 7.71. The molecule has 3 rings (SSSR count). The Hall–Kier alpha value is -2.68. The van der Waals surface area contributed by atoms with Crippen molar-refractivity contribution < 1.29 is 18.7 Å². The second-order valence-corrected chi connectivity index (χ2v) is 9.05. The molecule has 0 spiro atoms. The molecular weight excluding hydrogens is 404 g/mol. The van der Waals surface area contributed by atoms with Gasteiger partial charge in [-0.25, -0.2) is 9.89 Å². The van der Waals surface area contributed by atoms with E-state index in [2.05, 4.69) is 22.4 Å². The molecule has 2 amide bonds. The van der Waals surface area contributed by atoms with Gasteiger partial charge in [0.15, 0.2) is 0 Å². The first-order valence-corrected chi connectivity index (χ1v) is 10.4. The van der Waals surface area contributed by atoms with Crippen LogP contribution in [-0.4, -0.2) is 51.3 Å². The van der Waals surface area contributed by atoms with E-state index in [1.807, 2.05) is 27.7 Å². The molecule has 1 aliphatic rings. The molecule has 162 valence electrons. The molecule has 0 bridgehead atoms. The highest BCUT2D eigenvalue weighted by Crippen LogP contribution is 2.26. The van der Waals surface area contributed by atoms with E-state index in [0.29, 0.717) is 18.0 Å². The van der Waals surface area contributed by atoms with Gasteiger partial charge in [0.1, 0.15) is 5.60 Å². The van der Waals surface area contributed by atoms with E-state index in [4.69, 9.17) is 21.4 Å². The van der Waals surface area contributed by atoms with E-state index in [1.54, 1.807) is 29.2 Å². The number of carbonyl (C=O) groups excluding carboxylic acids is 2. The third-order valence-electron chi connectivity index (χ3n) is 5.21. The van der Waals surface area contributed by atoms with Gasteiger partial charge in [-0.3, -0.25) is 4.79 Å². The van der Waals surface area contributed by atoms with Crippen molar-refractivity contribution in [1.29, 1.82) is 0 Å². The minimum atomic E-state index is -0.563. The highest BCUT2D eigenvalue weighted by atomic mass is 32.1. The average Bonchev–Trinajstić information content (AvgIpc) is 3.10. The van der Waals surface area contributed by atoms with E-state index in [0.717, 1.165) is 12.0 Å². The summed E-state index contributed by atoms with van der Waals surface area (Å²) in [5, 5.41) is 9.65. The van der Waals surface area contributed by atoms with Crippen molar-refractivity contribution in [2.24, 2.45) is 5.92 Å². The molecule has 0 unspecified atom stereocenters. The van der Waals surface area contributed by atoms with Crippen molar-refractivity contribution in [3.63, 3.8) is 0 Å². The summed E-state index contributed by atoms with van der Waals surface area (Å²) >= 11 is 4.88. The number of aromatic amines is 1. The first-order chi connectivity index (χ1) is 14.0. The summed E-state index contributed by atoms with van der Waals surface area (Å²) < 4.78 is 10.8. The molecule has 0 radical (unpaired) electrons. The SMILES string of the molecule is C[C@@H]1CCN(C(=O)OC(C)(C)C)[C@@H](C)[C@H]1NC(=O)c1ccc(-c2n[nH]c(=S)o2)cc1. The topological polar surface area (TPSA) is 100 Å². The van der Waals surface area contributed by atoms with Crippen LogP contribution in [0.3, 0.4) is 0 Å². The average molecular weight is 433 g/mol. The summed E-state index contributed by atoms with van der Waals surface area (Å²) in [5.74, 6) is 0.406. The number of carbonyl (C=O) groups is 2. The summed E-state index contributed by atoms with van der Waals surface area (Å²) in [5.41, 5.74) is 0.670. The number of nitrogens with zero attached hydrogens (tertiary/aromatic N) is 2. The standard InChI is InChI=1S/C21H28N4O4S/c1-12-10-11-25(20(27)29-21(3,4)5)13(2)16(12)22-17(26)14-6-8-15(9-7-14)18-23-24-19(30)28-18/h6-9,12-13,16H,10-11H2,1-5H3,(H,22,26)(H,24,30)/t12-,13+,16+/m1/s1. The van der Waals surface area contributed by atoms with Crippen LogP contribution in [0.15, 0.2) is 28.7 Å². The molecule has 1 aromatic heterocycles. The van der Waals surface area contributed by atoms with Crippen LogP contribution in [0.4, 0.5) is 4.79 Å². The van der Waals surface area contributed by atoms with Crippen LogP contribution in [0.2, 0.25) is 0 Å². The molecule has 1 saturated heterocycles. The van der Waals surface area contributed by atoms with Gasteiger partial charge in [0.05, 0.1) is 12.1 Å². The highest BCUT2D eigenvalue weighted by Gasteiger charge is 2.38. The van der Waals surface area contributed by atoms with Gasteiger partial charge in [0.25, 0.3) is 10.7 Å². The minimum absolute atomic E-state index is 0.178. The minimum Gasteiger partial charge on any atom is -0.444 e. The van der Waals surface area contributed by atoms with E-state index >= 15 is 0 Å². The second-order valence-electron chi connectivity index (χ2n) is 8.68. The monoisotopic (exact) mass is 432 g/mol. The van der Waals surface area contributed by atoms with Gasteiger partial charge in [-0.15, -0.1) is 5.10 Å². The lowest BCUT2D eigenvalue weighted by Gasteiger charge is -2.43. The summed E-state index contributed by atoms with van der Waals surface area (Å²) in [6.07, 6.45) is 0.437. The fraction of sp³-hybridized carbons (Fsp3) is 0.524. The number of piperidine rings is 1. The second kappa shape index (κ2) is 8.59. The molecule has 0 saturated carbocycles. The van der Waals surface area contributed by atoms with Gasteiger partial charge >= 0.3 is 6.09 Å². The van der Waals surface area contributed by atoms with E-state index in [1.165, 1.54) is 0 Å². The van der Waals surface area contributed by atoms with Crippen LogP contribution in [0.1, 0.15) is 51.4 Å². The molecule has 1 aliphatic heterocycles. The van der Waals surface area contributed by atoms with Crippen molar-refractivity contribution in [2.45, 2.75) is 58.7 Å². The lowest BCUT2D eigenvalue weighted by Crippen LogP contribution is -2.59. The molecule has 2 heterocycles. The Labute approximate surface area is 181 Å². The first-order valence-electron chi connectivity index (χ1n) is 10.0. The molecule has 9 heteroatoms. The van der Waals surface area contributed by atoms with Crippen LogP contribution in [0.5, 0.6) is 0 Å². The van der Waals surface area contributed by atoms with Gasteiger partial charge in [-0.2, -0.15) is 0 Å². The number of rotatable bonds is 3. The zero-order chi connectivity index (χ0) is 22.1. The number of benzene rings is 1. The van der Waals surface area contributed by atoms with Crippen molar-refractivity contribution in [3.05, 3.63) is 34.7 Å². The van der Waals surface area contributed by atoms with Crippen LogP contribution < -0.4 is 5.32 Å². The molecule has 2 N–H and O–H groups in total. The van der Waals surface area contributed by atoms with E-state index in [9.17, 15) is 9.59 Å². The molecule has 30 heavy (non-hydrogen) atoms. The van der Waals surface area contributed by atoms with Gasteiger partial charge in [-0.05, 0) is 76.5 Å².